The van der Waals surface area contributed by atoms with Gasteiger partial charge in [-0.3, -0.25) is 0 Å². The molecule has 526 valence electrons. The van der Waals surface area contributed by atoms with Crippen molar-refractivity contribution in [2.75, 3.05) is 9.80 Å². The van der Waals surface area contributed by atoms with E-state index in [-0.39, 0.29) is 44.6 Å². The van der Waals surface area contributed by atoms with Crippen LogP contribution in [0.4, 0.5) is 34.1 Å². The zero-order valence-electron chi connectivity index (χ0n) is 66.0. The van der Waals surface area contributed by atoms with Crippen LogP contribution in [0.25, 0.3) is 88.4 Å². The maximum absolute atomic E-state index is 2.72. The lowest BCUT2D eigenvalue weighted by Crippen LogP contribution is -2.61. The maximum Gasteiger partial charge on any atom is 0.252 e. The minimum atomic E-state index is -0.274. The lowest BCUT2D eigenvalue weighted by atomic mass is 9.33. The molecule has 0 radical (unpaired) electrons. The molecular weight excluding hydrogens is 1270 g/mol. The van der Waals surface area contributed by atoms with Crippen molar-refractivity contribution in [2.45, 2.75) is 183 Å². The Hall–Kier alpha value is -10.1. The maximum atomic E-state index is 2.72. The highest BCUT2D eigenvalue weighted by Crippen LogP contribution is 2.53. The van der Waals surface area contributed by atoms with Crippen molar-refractivity contribution in [1.29, 1.82) is 0 Å². The molecule has 12 aromatic carbocycles. The van der Waals surface area contributed by atoms with E-state index in [1.807, 2.05) is 0 Å². The van der Waals surface area contributed by atoms with Crippen LogP contribution in [-0.2, 0) is 37.9 Å². The molecule has 0 fully saturated rings. The molecular formula is C100H103BN4. The second kappa shape index (κ2) is 24.2. The van der Waals surface area contributed by atoms with E-state index < -0.39 is 0 Å². The summed E-state index contributed by atoms with van der Waals surface area (Å²) in [6.45, 7) is 49.2. The summed E-state index contributed by atoms with van der Waals surface area (Å²) in [5.41, 5.74) is 33.5. The third-order valence-electron chi connectivity index (χ3n) is 23.0. The predicted octanol–water partition coefficient (Wildman–Crippen LogP) is 26.0. The van der Waals surface area contributed by atoms with Crippen molar-refractivity contribution in [3.05, 3.63) is 282 Å². The molecule has 0 saturated carbocycles. The Kier molecular flexibility index (Phi) is 16.0. The molecule has 2 aliphatic rings. The zero-order chi connectivity index (χ0) is 74.1. The number of nitrogens with zero attached hydrogens (tertiary/aromatic N) is 4. The molecule has 0 aliphatic carbocycles. The van der Waals surface area contributed by atoms with E-state index in [0.29, 0.717) is 0 Å². The Labute approximate surface area is 625 Å². The SMILES string of the molecule is CC(C)(C)c1ccc(-c2cc(C(C)(C)C)ccc2N2c3ccc(-c4cc(C(C)(C)C)cc(C(C)(C)C)c4)cc3B3c4ccc(-n5c6ccccc6c6ccc7c(c8ccccc8n7-c7ccccc7)c65)cc4N(c4ccc(C(C)(C)C)cc4-c4ccc(C(C)(C)C)cc4)c4cc(C(C)(C)C)cc2c43)cc1. The van der Waals surface area contributed by atoms with E-state index in [1.165, 1.54) is 149 Å². The average Bonchev–Trinajstić information content (AvgIpc) is 1.70. The van der Waals surface area contributed by atoms with Crippen LogP contribution in [0.15, 0.2) is 243 Å². The Morgan fingerprint density at radius 2 is 0.676 bits per heavy atom. The van der Waals surface area contributed by atoms with Gasteiger partial charge >= 0.3 is 0 Å². The number of para-hydroxylation sites is 3. The first-order valence-electron chi connectivity index (χ1n) is 38.3. The summed E-state index contributed by atoms with van der Waals surface area (Å²) in [6.07, 6.45) is 0. The van der Waals surface area contributed by atoms with Crippen LogP contribution in [0.3, 0.4) is 0 Å². The van der Waals surface area contributed by atoms with Crippen LogP contribution in [0.1, 0.15) is 184 Å². The van der Waals surface area contributed by atoms with Crippen molar-refractivity contribution in [2.24, 2.45) is 0 Å². The molecule has 4 heterocycles. The lowest BCUT2D eigenvalue weighted by molar-refractivity contribution is 0.569. The molecule has 0 unspecified atom stereocenters. The number of hydrogen-bond acceptors (Lipinski definition) is 2. The van der Waals surface area contributed by atoms with Crippen LogP contribution >= 0.6 is 0 Å². The molecule has 0 amide bonds. The van der Waals surface area contributed by atoms with E-state index in [4.69, 9.17) is 0 Å². The Morgan fingerprint density at radius 1 is 0.238 bits per heavy atom. The van der Waals surface area contributed by atoms with Crippen LogP contribution in [0.2, 0.25) is 0 Å². The van der Waals surface area contributed by atoms with Crippen LogP contribution in [0.5, 0.6) is 0 Å². The van der Waals surface area contributed by atoms with E-state index in [2.05, 4.69) is 407 Å². The third kappa shape index (κ3) is 11.8. The summed E-state index contributed by atoms with van der Waals surface area (Å²) >= 11 is 0. The van der Waals surface area contributed by atoms with Crippen molar-refractivity contribution < 1.29 is 0 Å². The molecule has 4 nitrogen and oxygen atoms in total. The van der Waals surface area contributed by atoms with Crippen molar-refractivity contribution >= 4 is 101 Å². The monoisotopic (exact) mass is 1370 g/mol. The minimum Gasteiger partial charge on any atom is -0.311 e. The molecule has 0 atom stereocenters. The largest absolute Gasteiger partial charge is 0.311 e. The Bertz CT molecular complexity index is 5770. The fourth-order valence-electron chi connectivity index (χ4n) is 16.7. The highest BCUT2D eigenvalue weighted by atomic mass is 15.2. The molecule has 0 saturated heterocycles. The van der Waals surface area contributed by atoms with E-state index in [1.54, 1.807) is 0 Å². The molecule has 0 bridgehead atoms. The smallest absolute Gasteiger partial charge is 0.252 e. The van der Waals surface area contributed by atoms with Crippen molar-refractivity contribution in [3.63, 3.8) is 0 Å². The van der Waals surface area contributed by atoms with Gasteiger partial charge in [0.15, 0.2) is 0 Å². The van der Waals surface area contributed by atoms with Crippen LogP contribution in [0, 0.1) is 0 Å². The lowest BCUT2D eigenvalue weighted by Gasteiger charge is -2.46. The van der Waals surface area contributed by atoms with E-state index in [9.17, 15) is 0 Å². The predicted molar refractivity (Wildman–Crippen MR) is 456 cm³/mol. The fourth-order valence-corrected chi connectivity index (χ4v) is 16.7. The molecule has 0 spiro atoms. The highest BCUT2D eigenvalue weighted by Gasteiger charge is 2.46. The summed E-state index contributed by atoms with van der Waals surface area (Å²) in [5.74, 6) is 0. The number of rotatable bonds is 7. The summed E-state index contributed by atoms with van der Waals surface area (Å²) in [5, 5.41) is 4.91. The van der Waals surface area contributed by atoms with Gasteiger partial charge in [0.25, 0.3) is 6.71 Å². The Morgan fingerprint density at radius 3 is 1.19 bits per heavy atom. The second-order valence-electron chi connectivity index (χ2n) is 37.6. The van der Waals surface area contributed by atoms with Gasteiger partial charge in [-0.15, -0.1) is 0 Å². The number of aromatic nitrogens is 2. The van der Waals surface area contributed by atoms with Gasteiger partial charge in [0, 0.05) is 66.8 Å². The zero-order valence-corrected chi connectivity index (χ0v) is 66.0. The van der Waals surface area contributed by atoms with Gasteiger partial charge in [-0.05, 0) is 200 Å². The minimum absolute atomic E-state index is 0.00835. The van der Waals surface area contributed by atoms with Gasteiger partial charge in [-0.25, -0.2) is 0 Å². The van der Waals surface area contributed by atoms with Crippen molar-refractivity contribution in [1.82, 2.24) is 9.13 Å². The number of hydrogen-bond donors (Lipinski definition) is 0. The quantitative estimate of drug-likeness (QED) is 0.148. The number of fused-ring (bicyclic) bond motifs is 11. The normalized spacial score (nSPS) is 13.7. The van der Waals surface area contributed by atoms with Gasteiger partial charge < -0.3 is 18.9 Å². The summed E-state index contributed by atoms with van der Waals surface area (Å²) in [7, 11) is 0. The van der Waals surface area contributed by atoms with Gasteiger partial charge in [0.2, 0.25) is 0 Å². The molecule has 5 heteroatoms. The molecule has 105 heavy (non-hydrogen) atoms. The summed E-state index contributed by atoms with van der Waals surface area (Å²) < 4.78 is 5.07. The topological polar surface area (TPSA) is 16.3 Å². The first-order chi connectivity index (χ1) is 49.5. The third-order valence-corrected chi connectivity index (χ3v) is 23.0. The number of anilines is 6. The molecule has 14 aromatic rings. The van der Waals surface area contributed by atoms with Crippen molar-refractivity contribution in [3.8, 4) is 44.8 Å². The molecule has 2 aliphatic heterocycles. The van der Waals surface area contributed by atoms with Crippen LogP contribution < -0.4 is 26.2 Å². The van der Waals surface area contributed by atoms with Gasteiger partial charge in [-0.1, -0.05) is 303 Å². The molecule has 16 rings (SSSR count). The Balaban J connectivity index is 1.06. The second-order valence-corrected chi connectivity index (χ2v) is 37.6. The standard InChI is InChI=1S/C100H103BN4/c1-94(2,3)66-40-35-62(36-41-66)78-57-68(96(7,8)9)44-50-84(78)104-86-49-39-64(65-53-70(98(13,14)15)56-71(54-65)99(16,17)18)55-81(86)101-80-48-46-74(103-82-33-27-25-31-75(82)76-47-52-87-91(93(76)103)77-32-26-28-34-83(77)102(87)73-29-23-22-24-30-73)61-88(80)105(90-60-72(100(19,20)21)59-89(104)92(90)101)85-51-45-69(97(10,11)12)58-79(85)63-37-42-67(43-38-63)95(4,5)6/h22-61H,1-21H3. The first-order valence-corrected chi connectivity index (χ1v) is 38.3. The average molecular weight is 1370 g/mol. The van der Waals surface area contributed by atoms with E-state index in [0.717, 1.165) is 28.4 Å². The van der Waals surface area contributed by atoms with Gasteiger partial charge in [0.05, 0.1) is 33.4 Å². The fraction of sp³-hybridized carbons (Fsp3) is 0.280. The summed E-state index contributed by atoms with van der Waals surface area (Å²) in [4.78, 5) is 5.41. The molecule has 0 N–H and O–H groups in total. The number of benzene rings is 12. The molecule has 2 aromatic heterocycles. The highest BCUT2D eigenvalue weighted by molar-refractivity contribution is 7.00. The summed E-state index contributed by atoms with van der Waals surface area (Å²) in [6, 6.07) is 95.3. The van der Waals surface area contributed by atoms with E-state index >= 15 is 0 Å². The van der Waals surface area contributed by atoms with Gasteiger partial charge in [-0.2, -0.15) is 0 Å². The van der Waals surface area contributed by atoms with Gasteiger partial charge in [0.1, 0.15) is 0 Å². The van der Waals surface area contributed by atoms with Crippen LogP contribution in [-0.4, -0.2) is 15.8 Å². The first kappa shape index (κ1) is 69.3.